The van der Waals surface area contributed by atoms with Gasteiger partial charge in [0.25, 0.3) is 0 Å². The van der Waals surface area contributed by atoms with Crippen LogP contribution in [0.2, 0.25) is 0 Å². The van der Waals surface area contributed by atoms with Gasteiger partial charge in [-0.15, -0.1) is 0 Å². The van der Waals surface area contributed by atoms with E-state index in [1.54, 1.807) is 12.1 Å². The van der Waals surface area contributed by atoms with Crippen molar-refractivity contribution in [3.05, 3.63) is 29.6 Å². The number of rotatable bonds is 1. The zero-order valence-corrected chi connectivity index (χ0v) is 11.0. The summed E-state index contributed by atoms with van der Waals surface area (Å²) in [6.45, 7) is 3.16. The maximum absolute atomic E-state index is 13.3. The van der Waals surface area contributed by atoms with Gasteiger partial charge in [0, 0.05) is 0 Å². The van der Waals surface area contributed by atoms with E-state index in [1.165, 1.54) is 31.7 Å². The standard InChI is InChI=1S/C16H21FO/c1-11-2-4-12(5-3-11)14-8-13-9-15(17)6-7-16(13)18-10-14/h6-7,9,11-12,14H,2-5,8,10H2,1H3. The summed E-state index contributed by atoms with van der Waals surface area (Å²) in [5.41, 5.74) is 1.06. The molecule has 3 rings (SSSR count). The van der Waals surface area contributed by atoms with Crippen LogP contribution in [0.3, 0.4) is 0 Å². The van der Waals surface area contributed by atoms with Gasteiger partial charge in [0.2, 0.25) is 0 Å². The Kier molecular flexibility index (Phi) is 3.27. The summed E-state index contributed by atoms with van der Waals surface area (Å²) < 4.78 is 19.1. The molecule has 1 aromatic carbocycles. The first-order valence-electron chi connectivity index (χ1n) is 7.13. The van der Waals surface area contributed by atoms with Gasteiger partial charge in [-0.05, 0) is 60.8 Å². The predicted molar refractivity (Wildman–Crippen MR) is 70.2 cm³/mol. The zero-order valence-electron chi connectivity index (χ0n) is 11.0. The molecular formula is C16H21FO. The van der Waals surface area contributed by atoms with Gasteiger partial charge in [-0.25, -0.2) is 4.39 Å². The van der Waals surface area contributed by atoms with Crippen molar-refractivity contribution >= 4 is 0 Å². The Bertz CT molecular complexity index is 421. The molecule has 1 saturated carbocycles. The Morgan fingerprint density at radius 3 is 2.67 bits per heavy atom. The lowest BCUT2D eigenvalue weighted by molar-refractivity contribution is 0.130. The predicted octanol–water partition coefficient (Wildman–Crippen LogP) is 4.20. The van der Waals surface area contributed by atoms with Crippen LogP contribution >= 0.6 is 0 Å². The summed E-state index contributed by atoms with van der Waals surface area (Å²) in [6.07, 6.45) is 6.32. The molecular weight excluding hydrogens is 227 g/mol. The van der Waals surface area contributed by atoms with Crippen LogP contribution in [-0.4, -0.2) is 6.61 Å². The summed E-state index contributed by atoms with van der Waals surface area (Å²) in [5, 5.41) is 0. The van der Waals surface area contributed by atoms with Gasteiger partial charge >= 0.3 is 0 Å². The van der Waals surface area contributed by atoms with Crippen molar-refractivity contribution in [3.8, 4) is 5.75 Å². The maximum atomic E-state index is 13.3. The average molecular weight is 248 g/mol. The molecule has 0 radical (unpaired) electrons. The minimum atomic E-state index is -0.143. The number of hydrogen-bond donors (Lipinski definition) is 0. The molecule has 0 aromatic heterocycles. The monoisotopic (exact) mass is 248 g/mol. The highest BCUT2D eigenvalue weighted by molar-refractivity contribution is 5.35. The highest BCUT2D eigenvalue weighted by Gasteiger charge is 2.30. The molecule has 0 N–H and O–H groups in total. The van der Waals surface area contributed by atoms with Crippen molar-refractivity contribution in [2.75, 3.05) is 6.61 Å². The number of benzene rings is 1. The largest absolute Gasteiger partial charge is 0.493 e. The maximum Gasteiger partial charge on any atom is 0.123 e. The molecule has 1 atom stereocenters. The quantitative estimate of drug-likeness (QED) is 0.723. The fourth-order valence-corrected chi connectivity index (χ4v) is 3.45. The Hall–Kier alpha value is -1.05. The Balaban J connectivity index is 1.70. The third-order valence-corrected chi connectivity index (χ3v) is 4.68. The Labute approximate surface area is 108 Å². The van der Waals surface area contributed by atoms with Crippen molar-refractivity contribution < 1.29 is 9.13 Å². The molecule has 2 aliphatic rings. The van der Waals surface area contributed by atoms with Gasteiger partial charge in [-0.1, -0.05) is 19.8 Å². The SMILES string of the molecule is CC1CCC(C2COc3ccc(F)cc3C2)CC1. The molecule has 1 aliphatic carbocycles. The van der Waals surface area contributed by atoms with Gasteiger partial charge in [-0.3, -0.25) is 0 Å². The van der Waals surface area contributed by atoms with Crippen molar-refractivity contribution in [3.63, 3.8) is 0 Å². The van der Waals surface area contributed by atoms with Crippen molar-refractivity contribution in [1.29, 1.82) is 0 Å². The fourth-order valence-electron chi connectivity index (χ4n) is 3.45. The van der Waals surface area contributed by atoms with E-state index in [4.69, 9.17) is 4.74 Å². The number of fused-ring (bicyclic) bond motifs is 1. The topological polar surface area (TPSA) is 9.23 Å². The second-order valence-electron chi connectivity index (χ2n) is 6.05. The van der Waals surface area contributed by atoms with E-state index in [1.807, 2.05) is 0 Å². The van der Waals surface area contributed by atoms with Gasteiger partial charge < -0.3 is 4.74 Å². The van der Waals surface area contributed by atoms with E-state index in [2.05, 4.69) is 6.92 Å². The van der Waals surface area contributed by atoms with E-state index >= 15 is 0 Å². The summed E-state index contributed by atoms with van der Waals surface area (Å²) >= 11 is 0. The Morgan fingerprint density at radius 2 is 1.89 bits per heavy atom. The zero-order chi connectivity index (χ0) is 12.5. The normalized spacial score (nSPS) is 31.6. The van der Waals surface area contributed by atoms with Crippen LogP contribution in [0.4, 0.5) is 4.39 Å². The molecule has 1 heterocycles. The van der Waals surface area contributed by atoms with Gasteiger partial charge in [0.05, 0.1) is 6.61 Å². The fraction of sp³-hybridized carbons (Fsp3) is 0.625. The van der Waals surface area contributed by atoms with Crippen molar-refractivity contribution in [2.45, 2.75) is 39.0 Å². The average Bonchev–Trinajstić information content (AvgIpc) is 2.38. The number of hydrogen-bond acceptors (Lipinski definition) is 1. The van der Waals surface area contributed by atoms with Crippen LogP contribution in [0.1, 0.15) is 38.2 Å². The lowest BCUT2D eigenvalue weighted by Gasteiger charge is -2.35. The molecule has 98 valence electrons. The molecule has 1 unspecified atom stereocenters. The van der Waals surface area contributed by atoms with E-state index < -0.39 is 0 Å². The van der Waals surface area contributed by atoms with Gasteiger partial charge in [0.15, 0.2) is 0 Å². The van der Waals surface area contributed by atoms with Crippen LogP contribution in [0.5, 0.6) is 5.75 Å². The first-order valence-corrected chi connectivity index (χ1v) is 7.13. The van der Waals surface area contributed by atoms with Crippen LogP contribution in [0.25, 0.3) is 0 Å². The third kappa shape index (κ3) is 2.38. The van der Waals surface area contributed by atoms with Gasteiger partial charge in [0.1, 0.15) is 11.6 Å². The molecule has 0 amide bonds. The first-order chi connectivity index (χ1) is 8.72. The van der Waals surface area contributed by atoms with Crippen molar-refractivity contribution in [2.24, 2.45) is 17.8 Å². The molecule has 1 aromatic rings. The third-order valence-electron chi connectivity index (χ3n) is 4.68. The smallest absolute Gasteiger partial charge is 0.123 e. The summed E-state index contributed by atoms with van der Waals surface area (Å²) in [6, 6.07) is 4.90. The molecule has 18 heavy (non-hydrogen) atoms. The number of halogens is 1. The van der Waals surface area contributed by atoms with E-state index in [9.17, 15) is 4.39 Å². The van der Waals surface area contributed by atoms with Crippen LogP contribution < -0.4 is 4.74 Å². The van der Waals surface area contributed by atoms with E-state index in [-0.39, 0.29) is 5.82 Å². The summed E-state index contributed by atoms with van der Waals surface area (Å²) in [5.74, 6) is 2.99. The molecule has 1 fully saturated rings. The second kappa shape index (κ2) is 4.91. The molecule has 1 aliphatic heterocycles. The Morgan fingerprint density at radius 1 is 1.11 bits per heavy atom. The van der Waals surface area contributed by atoms with E-state index in [0.29, 0.717) is 5.92 Å². The lowest BCUT2D eigenvalue weighted by atomic mass is 9.74. The second-order valence-corrected chi connectivity index (χ2v) is 6.05. The summed E-state index contributed by atoms with van der Waals surface area (Å²) in [4.78, 5) is 0. The van der Waals surface area contributed by atoms with Gasteiger partial charge in [-0.2, -0.15) is 0 Å². The highest BCUT2D eigenvalue weighted by Crippen LogP contribution is 2.38. The highest BCUT2D eigenvalue weighted by atomic mass is 19.1. The molecule has 0 saturated heterocycles. The molecule has 2 heteroatoms. The first kappa shape index (κ1) is 12.0. The molecule has 0 spiro atoms. The molecule has 0 bridgehead atoms. The lowest BCUT2D eigenvalue weighted by Crippen LogP contribution is -2.30. The van der Waals surface area contributed by atoms with Crippen LogP contribution in [-0.2, 0) is 6.42 Å². The minimum absolute atomic E-state index is 0.143. The van der Waals surface area contributed by atoms with E-state index in [0.717, 1.165) is 36.2 Å². The summed E-state index contributed by atoms with van der Waals surface area (Å²) in [7, 11) is 0. The number of ether oxygens (including phenoxy) is 1. The van der Waals surface area contributed by atoms with Crippen LogP contribution in [0.15, 0.2) is 18.2 Å². The molecule has 1 nitrogen and oxygen atoms in total. The minimum Gasteiger partial charge on any atom is -0.493 e. The van der Waals surface area contributed by atoms with Crippen molar-refractivity contribution in [1.82, 2.24) is 0 Å². The van der Waals surface area contributed by atoms with Crippen LogP contribution in [0, 0.1) is 23.6 Å².